The Kier molecular flexibility index (Phi) is 4.39. The van der Waals surface area contributed by atoms with E-state index in [9.17, 15) is 4.79 Å². The van der Waals surface area contributed by atoms with Gasteiger partial charge in [-0.15, -0.1) is 0 Å². The first kappa shape index (κ1) is 15.3. The van der Waals surface area contributed by atoms with E-state index < -0.39 is 0 Å². The summed E-state index contributed by atoms with van der Waals surface area (Å²) in [5.74, 6) is 1.89. The molecule has 0 aromatic heterocycles. The fourth-order valence-electron chi connectivity index (χ4n) is 3.02. The number of amides is 1. The number of benzene rings is 1. The summed E-state index contributed by atoms with van der Waals surface area (Å²) in [5.41, 5.74) is 0.981. The maximum absolute atomic E-state index is 11.5. The summed E-state index contributed by atoms with van der Waals surface area (Å²) in [5, 5.41) is 6.67. The largest absolute Gasteiger partial charge is 0.493 e. The Morgan fingerprint density at radius 2 is 2.05 bits per heavy atom. The van der Waals surface area contributed by atoms with E-state index in [1.54, 1.807) is 0 Å². The number of hydrogen-bond acceptors (Lipinski definition) is 3. The molecule has 1 aliphatic carbocycles. The number of carbonyl (C=O) groups is 1. The smallest absolute Gasteiger partial charge is 0.220 e. The molecule has 0 bridgehead atoms. The molecule has 0 spiro atoms. The van der Waals surface area contributed by atoms with Crippen LogP contribution in [0.4, 0.5) is 0 Å². The van der Waals surface area contributed by atoms with Gasteiger partial charge in [-0.25, -0.2) is 0 Å². The lowest BCUT2D eigenvalue weighted by molar-refractivity contribution is -0.125. The average molecular weight is 302 g/mol. The van der Waals surface area contributed by atoms with Crippen LogP contribution in [0.25, 0.3) is 0 Å². The van der Waals surface area contributed by atoms with Crippen LogP contribution in [0.1, 0.15) is 45.1 Å². The highest BCUT2D eigenvalue weighted by atomic mass is 16.5. The van der Waals surface area contributed by atoms with Crippen molar-refractivity contribution in [2.75, 3.05) is 6.61 Å². The Bertz CT molecular complexity index is 538. The first-order valence-corrected chi connectivity index (χ1v) is 8.30. The summed E-state index contributed by atoms with van der Waals surface area (Å²) < 4.78 is 5.96. The average Bonchev–Trinajstić information content (AvgIpc) is 3.28. The predicted octanol–water partition coefficient (Wildman–Crippen LogP) is 2.62. The van der Waals surface area contributed by atoms with Crippen molar-refractivity contribution in [3.8, 4) is 5.75 Å². The van der Waals surface area contributed by atoms with Crippen molar-refractivity contribution >= 4 is 5.91 Å². The van der Waals surface area contributed by atoms with Crippen LogP contribution in [-0.4, -0.2) is 24.1 Å². The normalized spacial score (nSPS) is 23.9. The maximum atomic E-state index is 11.5. The lowest BCUT2D eigenvalue weighted by Crippen LogP contribution is -2.60. The fourth-order valence-corrected chi connectivity index (χ4v) is 3.02. The highest BCUT2D eigenvalue weighted by Crippen LogP contribution is 2.30. The molecule has 1 aromatic carbocycles. The minimum absolute atomic E-state index is 0.149. The van der Waals surface area contributed by atoms with Crippen LogP contribution in [0.15, 0.2) is 24.3 Å². The molecule has 4 nitrogen and oxygen atoms in total. The third-order valence-electron chi connectivity index (χ3n) is 4.68. The molecule has 1 saturated heterocycles. The molecule has 22 heavy (non-hydrogen) atoms. The van der Waals surface area contributed by atoms with E-state index in [2.05, 4.69) is 36.6 Å². The van der Waals surface area contributed by atoms with E-state index in [-0.39, 0.29) is 17.5 Å². The van der Waals surface area contributed by atoms with Crippen LogP contribution in [0.3, 0.4) is 0 Å². The molecule has 1 unspecified atom stereocenters. The van der Waals surface area contributed by atoms with Gasteiger partial charge in [0.2, 0.25) is 5.91 Å². The zero-order valence-corrected chi connectivity index (χ0v) is 13.5. The summed E-state index contributed by atoms with van der Waals surface area (Å²) in [7, 11) is 0. The molecule has 2 N–H and O–H groups in total. The summed E-state index contributed by atoms with van der Waals surface area (Å²) in [4.78, 5) is 11.5. The molecule has 1 saturated carbocycles. The lowest BCUT2D eigenvalue weighted by atomic mass is 9.86. The summed E-state index contributed by atoms with van der Waals surface area (Å²) in [6, 6.07) is 8.52. The van der Waals surface area contributed by atoms with Gasteiger partial charge in [0.15, 0.2) is 0 Å². The molecule has 1 amide bonds. The second-order valence-corrected chi connectivity index (χ2v) is 7.10. The molecule has 2 fully saturated rings. The van der Waals surface area contributed by atoms with Crippen molar-refractivity contribution in [3.05, 3.63) is 29.8 Å². The van der Waals surface area contributed by atoms with Gasteiger partial charge in [0, 0.05) is 30.1 Å². The van der Waals surface area contributed by atoms with E-state index in [1.165, 1.54) is 18.4 Å². The fraction of sp³-hybridized carbons (Fsp3) is 0.611. The number of para-hydroxylation sites is 1. The molecule has 4 heteroatoms. The summed E-state index contributed by atoms with van der Waals surface area (Å²) in [6.07, 6.45) is 4.08. The second kappa shape index (κ2) is 6.29. The standard InChI is InChI=1S/C18H26N2O2/c1-18(2)16(9-10-17(21)20-18)19-11-14-5-3-4-6-15(14)22-12-13-7-8-13/h3-6,13,16,19H,7-12H2,1-2H3,(H,20,21). The van der Waals surface area contributed by atoms with Gasteiger partial charge in [0.05, 0.1) is 6.61 Å². The van der Waals surface area contributed by atoms with E-state index >= 15 is 0 Å². The Balaban J connectivity index is 1.59. The van der Waals surface area contributed by atoms with Crippen molar-refractivity contribution in [2.45, 2.75) is 57.7 Å². The third-order valence-corrected chi connectivity index (χ3v) is 4.68. The third kappa shape index (κ3) is 3.80. The first-order chi connectivity index (χ1) is 10.5. The number of hydrogen-bond donors (Lipinski definition) is 2. The molecule has 3 rings (SSSR count). The van der Waals surface area contributed by atoms with Crippen LogP contribution in [0.5, 0.6) is 5.75 Å². The van der Waals surface area contributed by atoms with Gasteiger partial charge >= 0.3 is 0 Å². The SMILES string of the molecule is CC1(C)NC(=O)CCC1NCc1ccccc1OCC1CC1. The van der Waals surface area contributed by atoms with Crippen LogP contribution in [-0.2, 0) is 11.3 Å². The van der Waals surface area contributed by atoms with Crippen molar-refractivity contribution < 1.29 is 9.53 Å². The molecule has 120 valence electrons. The van der Waals surface area contributed by atoms with E-state index in [4.69, 9.17) is 4.74 Å². The van der Waals surface area contributed by atoms with Crippen molar-refractivity contribution in [3.63, 3.8) is 0 Å². The van der Waals surface area contributed by atoms with Crippen molar-refractivity contribution in [2.24, 2.45) is 5.92 Å². The van der Waals surface area contributed by atoms with Crippen molar-refractivity contribution in [1.82, 2.24) is 10.6 Å². The first-order valence-electron chi connectivity index (χ1n) is 8.30. The highest BCUT2D eigenvalue weighted by Gasteiger charge is 2.35. The van der Waals surface area contributed by atoms with Gasteiger partial charge in [-0.1, -0.05) is 18.2 Å². The molecular formula is C18H26N2O2. The zero-order valence-electron chi connectivity index (χ0n) is 13.5. The van der Waals surface area contributed by atoms with Gasteiger partial charge < -0.3 is 15.4 Å². The molecule has 1 aliphatic heterocycles. The topological polar surface area (TPSA) is 50.4 Å². The molecule has 0 radical (unpaired) electrons. The number of carbonyl (C=O) groups excluding carboxylic acids is 1. The van der Waals surface area contributed by atoms with Gasteiger partial charge in [-0.3, -0.25) is 4.79 Å². The Morgan fingerprint density at radius 1 is 1.27 bits per heavy atom. The minimum atomic E-state index is -0.209. The highest BCUT2D eigenvalue weighted by molar-refractivity contribution is 5.77. The molecule has 1 atom stereocenters. The number of nitrogens with one attached hydrogen (secondary N) is 2. The maximum Gasteiger partial charge on any atom is 0.220 e. The Morgan fingerprint density at radius 3 is 2.77 bits per heavy atom. The lowest BCUT2D eigenvalue weighted by Gasteiger charge is -2.39. The van der Waals surface area contributed by atoms with E-state index in [1.807, 2.05) is 12.1 Å². The summed E-state index contributed by atoms with van der Waals surface area (Å²) in [6.45, 7) is 5.77. The van der Waals surface area contributed by atoms with Gasteiger partial charge in [-0.05, 0) is 45.1 Å². The van der Waals surface area contributed by atoms with Crippen LogP contribution in [0, 0.1) is 5.92 Å². The minimum Gasteiger partial charge on any atom is -0.493 e. The number of ether oxygens (including phenoxy) is 1. The van der Waals surface area contributed by atoms with Crippen LogP contribution >= 0.6 is 0 Å². The van der Waals surface area contributed by atoms with Gasteiger partial charge in [0.25, 0.3) is 0 Å². The van der Waals surface area contributed by atoms with Gasteiger partial charge in [0.1, 0.15) is 5.75 Å². The van der Waals surface area contributed by atoms with E-state index in [0.717, 1.165) is 31.2 Å². The predicted molar refractivity (Wildman–Crippen MR) is 86.7 cm³/mol. The molecule has 1 aromatic rings. The van der Waals surface area contributed by atoms with E-state index in [0.29, 0.717) is 6.42 Å². The van der Waals surface area contributed by atoms with Crippen LogP contribution < -0.4 is 15.4 Å². The molecule has 1 heterocycles. The Hall–Kier alpha value is -1.55. The molecular weight excluding hydrogens is 276 g/mol. The monoisotopic (exact) mass is 302 g/mol. The van der Waals surface area contributed by atoms with Gasteiger partial charge in [-0.2, -0.15) is 0 Å². The van der Waals surface area contributed by atoms with Crippen molar-refractivity contribution in [1.29, 1.82) is 0 Å². The zero-order chi connectivity index (χ0) is 15.6. The second-order valence-electron chi connectivity index (χ2n) is 7.10. The summed E-state index contributed by atoms with van der Waals surface area (Å²) >= 11 is 0. The number of rotatable bonds is 6. The Labute approximate surface area is 132 Å². The number of piperidine rings is 1. The quantitative estimate of drug-likeness (QED) is 0.849. The molecule has 2 aliphatic rings. The van der Waals surface area contributed by atoms with Crippen LogP contribution in [0.2, 0.25) is 0 Å².